The van der Waals surface area contributed by atoms with Gasteiger partial charge in [0.25, 0.3) is 5.56 Å². The molecule has 0 bridgehead atoms. The maximum atomic E-state index is 12.0. The van der Waals surface area contributed by atoms with Crippen LogP contribution in [0.2, 0.25) is 0 Å². The maximum Gasteiger partial charge on any atom is 0.251 e. The molecule has 0 spiro atoms. The van der Waals surface area contributed by atoms with Gasteiger partial charge in [-0.05, 0) is 11.1 Å². The third-order valence-electron chi connectivity index (χ3n) is 3.43. The summed E-state index contributed by atoms with van der Waals surface area (Å²) in [4.78, 5) is 12.0. The van der Waals surface area contributed by atoms with Crippen molar-refractivity contribution in [1.29, 1.82) is 0 Å². The van der Waals surface area contributed by atoms with Crippen LogP contribution in [0, 0.1) is 0 Å². The Kier molecular flexibility index (Phi) is 2.99. The Balaban J connectivity index is 2.03. The predicted molar refractivity (Wildman–Crippen MR) is 71.7 cm³/mol. The van der Waals surface area contributed by atoms with Crippen molar-refractivity contribution in [2.24, 2.45) is 0 Å². The van der Waals surface area contributed by atoms with E-state index < -0.39 is 0 Å². The molecule has 2 heterocycles. The highest BCUT2D eigenvalue weighted by Crippen LogP contribution is 2.13. The molecule has 3 rings (SSSR count). The Bertz CT molecular complexity index is 602. The lowest BCUT2D eigenvalue weighted by molar-refractivity contribution is 0.582. The van der Waals surface area contributed by atoms with E-state index in [0.717, 1.165) is 19.5 Å². The summed E-state index contributed by atoms with van der Waals surface area (Å²) >= 11 is 0. The molecule has 0 radical (unpaired) electrons. The number of hydrogen-bond donors (Lipinski definition) is 1. The quantitative estimate of drug-likeness (QED) is 0.864. The molecule has 3 heteroatoms. The fourth-order valence-electron chi connectivity index (χ4n) is 2.49. The van der Waals surface area contributed by atoms with E-state index >= 15 is 0 Å². The average Bonchev–Trinajstić information content (AvgIpc) is 2.43. The zero-order valence-corrected chi connectivity index (χ0v) is 10.2. The summed E-state index contributed by atoms with van der Waals surface area (Å²) in [7, 11) is 0. The van der Waals surface area contributed by atoms with Gasteiger partial charge in [0, 0.05) is 31.3 Å². The van der Waals surface area contributed by atoms with Gasteiger partial charge in [-0.1, -0.05) is 36.4 Å². The van der Waals surface area contributed by atoms with E-state index in [4.69, 9.17) is 0 Å². The van der Waals surface area contributed by atoms with Crippen molar-refractivity contribution in [3.05, 3.63) is 69.6 Å². The molecule has 1 aliphatic rings. The van der Waals surface area contributed by atoms with E-state index in [0.29, 0.717) is 6.54 Å². The number of hydrogen-bond acceptors (Lipinski definition) is 2. The zero-order valence-electron chi connectivity index (χ0n) is 10.2. The van der Waals surface area contributed by atoms with Crippen LogP contribution in [0.5, 0.6) is 0 Å². The monoisotopic (exact) mass is 240 g/mol. The van der Waals surface area contributed by atoms with Crippen LogP contribution in [-0.4, -0.2) is 11.1 Å². The second kappa shape index (κ2) is 4.78. The predicted octanol–water partition coefficient (Wildman–Crippen LogP) is 1.54. The highest BCUT2D eigenvalue weighted by Gasteiger charge is 2.13. The molecule has 1 N–H and O–H groups in total. The first-order valence-electron chi connectivity index (χ1n) is 6.31. The fourth-order valence-corrected chi connectivity index (χ4v) is 2.49. The van der Waals surface area contributed by atoms with Crippen molar-refractivity contribution in [2.75, 3.05) is 6.54 Å². The van der Waals surface area contributed by atoms with Gasteiger partial charge in [0.2, 0.25) is 0 Å². The van der Waals surface area contributed by atoms with Crippen molar-refractivity contribution < 1.29 is 0 Å². The number of nitrogens with zero attached hydrogens (tertiary/aromatic N) is 1. The fraction of sp³-hybridized carbons (Fsp3) is 0.267. The first kappa shape index (κ1) is 11.2. The Labute approximate surface area is 106 Å². The molecule has 1 aromatic carbocycles. The molecule has 0 saturated heterocycles. The van der Waals surface area contributed by atoms with Crippen LogP contribution in [-0.2, 0) is 19.5 Å². The molecular weight excluding hydrogens is 224 g/mol. The molecular formula is C15H16N2O. The molecule has 0 saturated carbocycles. The van der Waals surface area contributed by atoms with Gasteiger partial charge in [-0.25, -0.2) is 0 Å². The second-order valence-corrected chi connectivity index (χ2v) is 4.64. The summed E-state index contributed by atoms with van der Waals surface area (Å²) in [6, 6.07) is 13.8. The van der Waals surface area contributed by atoms with Gasteiger partial charge < -0.3 is 9.88 Å². The highest BCUT2D eigenvalue weighted by molar-refractivity contribution is 5.25. The van der Waals surface area contributed by atoms with Crippen LogP contribution in [0.4, 0.5) is 0 Å². The van der Waals surface area contributed by atoms with Crippen LogP contribution in [0.15, 0.2) is 47.3 Å². The largest absolute Gasteiger partial charge is 0.312 e. The smallest absolute Gasteiger partial charge is 0.251 e. The normalized spacial score (nSPS) is 14.2. The lowest BCUT2D eigenvalue weighted by Crippen LogP contribution is -2.32. The topological polar surface area (TPSA) is 34.0 Å². The first-order chi connectivity index (χ1) is 8.84. The summed E-state index contributed by atoms with van der Waals surface area (Å²) in [5.74, 6) is 0. The van der Waals surface area contributed by atoms with E-state index in [2.05, 4.69) is 17.4 Å². The molecule has 18 heavy (non-hydrogen) atoms. The van der Waals surface area contributed by atoms with Gasteiger partial charge in [0.15, 0.2) is 0 Å². The first-order valence-corrected chi connectivity index (χ1v) is 6.31. The summed E-state index contributed by atoms with van der Waals surface area (Å²) in [5, 5.41) is 3.34. The van der Waals surface area contributed by atoms with Gasteiger partial charge in [-0.2, -0.15) is 0 Å². The van der Waals surface area contributed by atoms with Crippen LogP contribution < -0.4 is 10.9 Å². The molecule has 1 aliphatic heterocycles. The maximum absolute atomic E-state index is 12.0. The minimum absolute atomic E-state index is 0.0968. The van der Waals surface area contributed by atoms with Gasteiger partial charge in [0.1, 0.15) is 0 Å². The molecule has 0 aliphatic carbocycles. The van der Waals surface area contributed by atoms with Crippen molar-refractivity contribution in [2.45, 2.75) is 19.5 Å². The SMILES string of the molecule is O=c1ccc2c(n1Cc1ccccc1)CCNC2. The molecule has 0 atom stereocenters. The summed E-state index contributed by atoms with van der Waals surface area (Å²) in [6.07, 6.45) is 0.929. The Morgan fingerprint density at radius 1 is 1.11 bits per heavy atom. The molecule has 2 aromatic rings. The van der Waals surface area contributed by atoms with Crippen molar-refractivity contribution >= 4 is 0 Å². The third kappa shape index (κ3) is 2.09. The van der Waals surface area contributed by atoms with E-state index in [1.54, 1.807) is 6.07 Å². The van der Waals surface area contributed by atoms with Gasteiger partial charge in [-0.3, -0.25) is 4.79 Å². The molecule has 0 amide bonds. The van der Waals surface area contributed by atoms with Crippen LogP contribution in [0.1, 0.15) is 16.8 Å². The second-order valence-electron chi connectivity index (χ2n) is 4.64. The summed E-state index contributed by atoms with van der Waals surface area (Å²) in [5.41, 5.74) is 3.70. The molecule has 3 nitrogen and oxygen atoms in total. The van der Waals surface area contributed by atoms with Crippen molar-refractivity contribution in [3.8, 4) is 0 Å². The average molecular weight is 240 g/mol. The van der Waals surface area contributed by atoms with E-state index in [1.807, 2.05) is 28.8 Å². The van der Waals surface area contributed by atoms with E-state index in [-0.39, 0.29) is 5.56 Å². The van der Waals surface area contributed by atoms with E-state index in [9.17, 15) is 4.79 Å². The molecule has 92 valence electrons. The number of nitrogens with one attached hydrogen (secondary N) is 1. The standard InChI is InChI=1S/C15H16N2O/c18-15-7-6-13-10-16-9-8-14(13)17(15)11-12-4-2-1-3-5-12/h1-7,16H,8-11H2. The zero-order chi connectivity index (χ0) is 12.4. The van der Waals surface area contributed by atoms with Crippen molar-refractivity contribution in [1.82, 2.24) is 9.88 Å². The minimum Gasteiger partial charge on any atom is -0.312 e. The molecule has 1 aromatic heterocycles. The lowest BCUT2D eigenvalue weighted by Gasteiger charge is -2.21. The van der Waals surface area contributed by atoms with E-state index in [1.165, 1.54) is 16.8 Å². The number of fused-ring (bicyclic) bond motifs is 1. The summed E-state index contributed by atoms with van der Waals surface area (Å²) < 4.78 is 1.91. The number of benzene rings is 1. The molecule has 0 fully saturated rings. The number of rotatable bonds is 2. The number of pyridine rings is 1. The van der Waals surface area contributed by atoms with Gasteiger partial charge in [-0.15, -0.1) is 0 Å². The molecule has 0 unspecified atom stereocenters. The van der Waals surface area contributed by atoms with Crippen LogP contribution in [0.25, 0.3) is 0 Å². The van der Waals surface area contributed by atoms with Gasteiger partial charge in [0.05, 0.1) is 6.54 Å². The third-order valence-corrected chi connectivity index (χ3v) is 3.43. The number of aromatic nitrogens is 1. The summed E-state index contributed by atoms with van der Waals surface area (Å²) in [6.45, 7) is 2.48. The Hall–Kier alpha value is -1.87. The van der Waals surface area contributed by atoms with Crippen molar-refractivity contribution in [3.63, 3.8) is 0 Å². The minimum atomic E-state index is 0.0968. The highest BCUT2D eigenvalue weighted by atomic mass is 16.1. The van der Waals surface area contributed by atoms with Crippen LogP contribution >= 0.6 is 0 Å². The lowest BCUT2D eigenvalue weighted by atomic mass is 10.1. The Morgan fingerprint density at radius 3 is 2.78 bits per heavy atom. The van der Waals surface area contributed by atoms with Crippen LogP contribution in [0.3, 0.4) is 0 Å². The van der Waals surface area contributed by atoms with Gasteiger partial charge >= 0.3 is 0 Å². The Morgan fingerprint density at radius 2 is 1.94 bits per heavy atom.